The molecular formula is C21H24N2O2S. The summed E-state index contributed by atoms with van der Waals surface area (Å²) in [6, 6.07) is 12.3. The van der Waals surface area contributed by atoms with Gasteiger partial charge in [0, 0.05) is 19.0 Å². The van der Waals surface area contributed by atoms with Crippen LogP contribution in [0.2, 0.25) is 0 Å². The second-order valence-electron chi connectivity index (χ2n) is 7.20. The van der Waals surface area contributed by atoms with Crippen LogP contribution in [0.3, 0.4) is 0 Å². The molecule has 0 unspecified atom stereocenters. The van der Waals surface area contributed by atoms with Crippen LogP contribution in [-0.4, -0.2) is 29.8 Å². The number of nitrogens with zero attached hydrogens (tertiary/aromatic N) is 1. The number of hydrogen-bond acceptors (Lipinski definition) is 3. The standard InChI is InChI=1S/C21H24N2O2S/c24-20(22-18-8-3-6-15-5-1-2-7-17(15)18)16-10-12-23(13-11-16)21(25)19-9-4-14-26-19/h1-2,4-5,7,9,14,16,18H,3,6,8,10-13H2,(H,22,24)/t18-/m0/s1. The normalized spacial score (nSPS) is 20.5. The van der Waals surface area contributed by atoms with Gasteiger partial charge in [0.1, 0.15) is 0 Å². The minimum absolute atomic E-state index is 0.0106. The molecule has 2 aromatic rings. The molecule has 2 aliphatic rings. The maximum atomic E-state index is 12.8. The summed E-state index contributed by atoms with van der Waals surface area (Å²) in [5.74, 6) is 0.256. The summed E-state index contributed by atoms with van der Waals surface area (Å²) in [5, 5.41) is 5.20. The minimum Gasteiger partial charge on any atom is -0.349 e. The minimum atomic E-state index is 0.0106. The van der Waals surface area contributed by atoms with Crippen LogP contribution in [0.4, 0.5) is 0 Å². The first-order valence-electron chi connectivity index (χ1n) is 9.43. The van der Waals surface area contributed by atoms with Crippen molar-refractivity contribution in [2.45, 2.75) is 38.1 Å². The van der Waals surface area contributed by atoms with Gasteiger partial charge in [-0.1, -0.05) is 30.3 Å². The highest BCUT2D eigenvalue weighted by Crippen LogP contribution is 2.30. The first kappa shape index (κ1) is 17.3. The van der Waals surface area contributed by atoms with Crippen molar-refractivity contribution in [3.8, 4) is 0 Å². The molecular weight excluding hydrogens is 344 g/mol. The molecule has 1 saturated heterocycles. The van der Waals surface area contributed by atoms with Crippen molar-refractivity contribution in [1.29, 1.82) is 0 Å². The van der Waals surface area contributed by atoms with Gasteiger partial charge >= 0.3 is 0 Å². The van der Waals surface area contributed by atoms with Crippen LogP contribution in [-0.2, 0) is 11.2 Å². The lowest BCUT2D eigenvalue weighted by Crippen LogP contribution is -2.43. The van der Waals surface area contributed by atoms with E-state index in [0.29, 0.717) is 13.1 Å². The number of likely N-dealkylation sites (tertiary alicyclic amines) is 1. The number of fused-ring (bicyclic) bond motifs is 1. The van der Waals surface area contributed by atoms with Crippen LogP contribution in [0.15, 0.2) is 41.8 Å². The van der Waals surface area contributed by atoms with Gasteiger partial charge in [-0.15, -0.1) is 11.3 Å². The van der Waals surface area contributed by atoms with E-state index in [4.69, 9.17) is 0 Å². The molecule has 0 saturated carbocycles. The van der Waals surface area contributed by atoms with E-state index in [1.807, 2.05) is 22.4 Å². The van der Waals surface area contributed by atoms with Crippen LogP contribution in [0.25, 0.3) is 0 Å². The predicted molar refractivity (Wildman–Crippen MR) is 103 cm³/mol. The van der Waals surface area contributed by atoms with Gasteiger partial charge in [-0.2, -0.15) is 0 Å². The summed E-state index contributed by atoms with van der Waals surface area (Å²) in [6.45, 7) is 1.33. The van der Waals surface area contributed by atoms with E-state index in [1.165, 1.54) is 22.5 Å². The average Bonchev–Trinajstić information content (AvgIpc) is 3.23. The van der Waals surface area contributed by atoms with Crippen LogP contribution in [0.5, 0.6) is 0 Å². The number of nitrogens with one attached hydrogen (secondary N) is 1. The largest absolute Gasteiger partial charge is 0.349 e. The second-order valence-corrected chi connectivity index (χ2v) is 8.14. The van der Waals surface area contributed by atoms with Crippen molar-refractivity contribution in [3.05, 3.63) is 57.8 Å². The van der Waals surface area contributed by atoms with E-state index < -0.39 is 0 Å². The number of aryl methyl sites for hydroxylation is 1. The lowest BCUT2D eigenvalue weighted by Gasteiger charge is -2.33. The Kier molecular flexibility index (Phi) is 5.07. The van der Waals surface area contributed by atoms with Crippen LogP contribution in [0.1, 0.15) is 52.5 Å². The number of benzene rings is 1. The molecule has 0 radical (unpaired) electrons. The summed E-state index contributed by atoms with van der Waals surface area (Å²) in [4.78, 5) is 27.9. The summed E-state index contributed by atoms with van der Waals surface area (Å²) in [5.41, 5.74) is 2.64. The van der Waals surface area contributed by atoms with E-state index in [-0.39, 0.29) is 23.8 Å². The van der Waals surface area contributed by atoms with Gasteiger partial charge in [0.2, 0.25) is 5.91 Å². The monoisotopic (exact) mass is 368 g/mol. The maximum Gasteiger partial charge on any atom is 0.263 e. The lowest BCUT2D eigenvalue weighted by atomic mass is 9.87. The van der Waals surface area contributed by atoms with Crippen LogP contribution in [0, 0.1) is 5.92 Å². The molecule has 1 aromatic heterocycles. The van der Waals surface area contributed by atoms with Gasteiger partial charge in [0.15, 0.2) is 0 Å². The fourth-order valence-electron chi connectivity index (χ4n) is 4.09. The third kappa shape index (κ3) is 3.54. The maximum absolute atomic E-state index is 12.8. The molecule has 0 bridgehead atoms. The number of carbonyl (C=O) groups excluding carboxylic acids is 2. The van der Waals surface area contributed by atoms with Crippen molar-refractivity contribution in [3.63, 3.8) is 0 Å². The van der Waals surface area contributed by atoms with Gasteiger partial charge in [0.25, 0.3) is 5.91 Å². The Hall–Kier alpha value is -2.14. The number of hydrogen-bond donors (Lipinski definition) is 1. The second kappa shape index (κ2) is 7.62. The molecule has 4 rings (SSSR count). The van der Waals surface area contributed by atoms with Crippen LogP contribution < -0.4 is 5.32 Å². The van der Waals surface area contributed by atoms with E-state index in [2.05, 4.69) is 29.6 Å². The molecule has 1 N–H and O–H groups in total. The third-order valence-electron chi connectivity index (χ3n) is 5.57. The molecule has 1 aliphatic heterocycles. The zero-order valence-corrected chi connectivity index (χ0v) is 15.6. The van der Waals surface area contributed by atoms with Gasteiger partial charge in [0.05, 0.1) is 10.9 Å². The summed E-state index contributed by atoms with van der Waals surface area (Å²) in [7, 11) is 0. The van der Waals surface area contributed by atoms with Gasteiger partial charge in [-0.25, -0.2) is 0 Å². The Balaban J connectivity index is 1.34. The number of carbonyl (C=O) groups is 2. The Morgan fingerprint density at radius 1 is 1.04 bits per heavy atom. The fourth-order valence-corrected chi connectivity index (χ4v) is 4.79. The Bertz CT molecular complexity index is 779. The number of amides is 2. The number of thiophene rings is 1. The lowest BCUT2D eigenvalue weighted by molar-refractivity contribution is -0.127. The van der Waals surface area contributed by atoms with Crippen molar-refractivity contribution >= 4 is 23.2 Å². The van der Waals surface area contributed by atoms with E-state index >= 15 is 0 Å². The van der Waals surface area contributed by atoms with Crippen molar-refractivity contribution in [1.82, 2.24) is 10.2 Å². The molecule has 136 valence electrons. The molecule has 26 heavy (non-hydrogen) atoms. The van der Waals surface area contributed by atoms with Crippen molar-refractivity contribution < 1.29 is 9.59 Å². The van der Waals surface area contributed by atoms with E-state index in [1.54, 1.807) is 0 Å². The van der Waals surface area contributed by atoms with Gasteiger partial charge in [-0.05, 0) is 54.7 Å². The quantitative estimate of drug-likeness (QED) is 0.896. The number of rotatable bonds is 3. The number of piperidine rings is 1. The van der Waals surface area contributed by atoms with Gasteiger partial charge in [-0.3, -0.25) is 9.59 Å². The topological polar surface area (TPSA) is 49.4 Å². The summed E-state index contributed by atoms with van der Waals surface area (Å²) < 4.78 is 0. The summed E-state index contributed by atoms with van der Waals surface area (Å²) >= 11 is 1.48. The highest BCUT2D eigenvalue weighted by Gasteiger charge is 2.30. The first-order valence-corrected chi connectivity index (χ1v) is 10.3. The molecule has 1 aromatic carbocycles. The Morgan fingerprint density at radius 3 is 2.62 bits per heavy atom. The molecule has 4 nitrogen and oxygen atoms in total. The fraction of sp³-hybridized carbons (Fsp3) is 0.429. The van der Waals surface area contributed by atoms with Crippen LogP contribution >= 0.6 is 11.3 Å². The predicted octanol–water partition coefficient (Wildman–Crippen LogP) is 3.79. The van der Waals surface area contributed by atoms with E-state index in [9.17, 15) is 9.59 Å². The molecule has 1 atom stereocenters. The first-order chi connectivity index (χ1) is 12.7. The summed E-state index contributed by atoms with van der Waals surface area (Å²) in [6.07, 6.45) is 4.73. The average molecular weight is 369 g/mol. The Labute approximate surface area is 158 Å². The highest BCUT2D eigenvalue weighted by atomic mass is 32.1. The van der Waals surface area contributed by atoms with Gasteiger partial charge < -0.3 is 10.2 Å². The molecule has 2 heterocycles. The zero-order valence-electron chi connectivity index (χ0n) is 14.8. The van der Waals surface area contributed by atoms with Crippen molar-refractivity contribution in [2.24, 2.45) is 5.92 Å². The Morgan fingerprint density at radius 2 is 1.85 bits per heavy atom. The van der Waals surface area contributed by atoms with Crippen molar-refractivity contribution in [2.75, 3.05) is 13.1 Å². The molecule has 1 fully saturated rings. The van der Waals surface area contributed by atoms with E-state index in [0.717, 1.165) is 37.0 Å². The molecule has 0 spiro atoms. The highest BCUT2D eigenvalue weighted by molar-refractivity contribution is 7.12. The SMILES string of the molecule is O=C(N[C@H]1CCCc2ccccc21)C1CCN(C(=O)c2cccs2)CC1. The molecule has 2 amide bonds. The smallest absolute Gasteiger partial charge is 0.263 e. The third-order valence-corrected chi connectivity index (χ3v) is 6.43. The molecule has 5 heteroatoms. The molecule has 1 aliphatic carbocycles. The zero-order chi connectivity index (χ0) is 17.9.